The molecule has 0 radical (unpaired) electrons. The second kappa shape index (κ2) is 10.4. The molecule has 3 heterocycles. The number of aliphatic hydroxyl groups excluding tert-OH is 3. The Bertz CT molecular complexity index is 1170. The topological polar surface area (TPSA) is 116 Å². The molecule has 5 rings (SSSR count). The summed E-state index contributed by atoms with van der Waals surface area (Å²) in [6.07, 6.45) is 15.4. The van der Waals surface area contributed by atoms with Gasteiger partial charge in [0.25, 0.3) is 0 Å². The van der Waals surface area contributed by atoms with Crippen LogP contribution < -0.4 is 4.90 Å². The van der Waals surface area contributed by atoms with Gasteiger partial charge in [-0.3, -0.25) is 0 Å². The van der Waals surface area contributed by atoms with Crippen LogP contribution in [0.5, 0.6) is 0 Å². The monoisotopic (exact) mass is 521 g/mol. The van der Waals surface area contributed by atoms with Gasteiger partial charge in [-0.1, -0.05) is 38.2 Å². The molecule has 3 fully saturated rings. The molecule has 1 aromatic rings. The number of hydrogen-bond acceptors (Lipinski definition) is 8. The Morgan fingerprint density at radius 2 is 1.97 bits per heavy atom. The minimum absolute atomic E-state index is 0.0376. The normalized spacial score (nSPS) is 36.6. The number of hydrogen-bond donors (Lipinski definition) is 3. The van der Waals surface area contributed by atoms with Crippen LogP contribution in [0.3, 0.4) is 0 Å². The van der Waals surface area contributed by atoms with Crippen molar-refractivity contribution in [3.63, 3.8) is 0 Å². The largest absolute Gasteiger partial charge is 0.423 e. The van der Waals surface area contributed by atoms with E-state index in [2.05, 4.69) is 29.5 Å². The van der Waals surface area contributed by atoms with Crippen molar-refractivity contribution in [2.75, 3.05) is 24.7 Å². The van der Waals surface area contributed by atoms with Crippen molar-refractivity contribution in [1.29, 1.82) is 0 Å². The zero-order valence-corrected chi connectivity index (χ0v) is 22.3. The lowest BCUT2D eigenvalue weighted by atomic mass is 9.46. The SMILES string of the molecule is C=C1CCC2[C@](C)(CC[C@@H](O)[C@@]2(C)CO)C1/C=C/C1=CC(=C\c2cnc(N3CCCC3CO)nc2)/OC1=O. The fourth-order valence-electron chi connectivity index (χ4n) is 7.29. The fraction of sp³-hybridized carbons (Fsp3) is 0.567. The Kier molecular flexibility index (Phi) is 7.33. The van der Waals surface area contributed by atoms with Gasteiger partial charge in [-0.2, -0.15) is 0 Å². The second-order valence-corrected chi connectivity index (χ2v) is 11.8. The first kappa shape index (κ1) is 26.8. The Balaban J connectivity index is 1.33. The number of aromatic nitrogens is 2. The van der Waals surface area contributed by atoms with Gasteiger partial charge in [0.1, 0.15) is 5.76 Å². The fourth-order valence-corrected chi connectivity index (χ4v) is 7.29. The smallest absolute Gasteiger partial charge is 0.343 e. The first-order valence-corrected chi connectivity index (χ1v) is 13.7. The van der Waals surface area contributed by atoms with Gasteiger partial charge in [0.15, 0.2) is 0 Å². The summed E-state index contributed by atoms with van der Waals surface area (Å²) in [5.41, 5.74) is 1.60. The summed E-state index contributed by atoms with van der Waals surface area (Å²) in [6, 6.07) is 0.0566. The van der Waals surface area contributed by atoms with Crippen LogP contribution in [0.2, 0.25) is 0 Å². The van der Waals surface area contributed by atoms with Crippen LogP contribution in [-0.2, 0) is 9.53 Å². The van der Waals surface area contributed by atoms with Crippen LogP contribution in [0.1, 0.15) is 57.9 Å². The van der Waals surface area contributed by atoms with Crippen molar-refractivity contribution in [3.05, 3.63) is 59.7 Å². The highest BCUT2D eigenvalue weighted by molar-refractivity contribution is 5.96. The molecule has 4 aliphatic rings. The van der Waals surface area contributed by atoms with Gasteiger partial charge >= 0.3 is 5.97 Å². The second-order valence-electron chi connectivity index (χ2n) is 11.8. The van der Waals surface area contributed by atoms with E-state index in [9.17, 15) is 20.1 Å². The molecule has 0 bridgehead atoms. The lowest BCUT2D eigenvalue weighted by molar-refractivity contribution is -0.145. The van der Waals surface area contributed by atoms with E-state index in [1.807, 2.05) is 17.9 Å². The highest BCUT2D eigenvalue weighted by Crippen LogP contribution is 2.61. The molecule has 8 nitrogen and oxygen atoms in total. The van der Waals surface area contributed by atoms with Gasteiger partial charge in [0.05, 0.1) is 30.9 Å². The Morgan fingerprint density at radius 1 is 1.21 bits per heavy atom. The third-order valence-corrected chi connectivity index (χ3v) is 9.58. The van der Waals surface area contributed by atoms with Crippen molar-refractivity contribution < 1.29 is 24.9 Å². The van der Waals surface area contributed by atoms with Crippen LogP contribution in [0.4, 0.5) is 5.95 Å². The number of esters is 1. The molecule has 3 unspecified atom stereocenters. The third kappa shape index (κ3) is 4.63. The van der Waals surface area contributed by atoms with E-state index in [4.69, 9.17) is 4.74 Å². The molecule has 3 N–H and O–H groups in total. The molecule has 8 heteroatoms. The number of nitrogens with zero attached hydrogens (tertiary/aromatic N) is 3. The third-order valence-electron chi connectivity index (χ3n) is 9.58. The van der Waals surface area contributed by atoms with Crippen LogP contribution >= 0.6 is 0 Å². The minimum Gasteiger partial charge on any atom is -0.423 e. The van der Waals surface area contributed by atoms with Crippen molar-refractivity contribution in [3.8, 4) is 0 Å². The lowest BCUT2D eigenvalue weighted by Gasteiger charge is -2.59. The molecule has 0 spiro atoms. The van der Waals surface area contributed by atoms with Crippen molar-refractivity contribution in [1.82, 2.24) is 9.97 Å². The molecule has 1 aromatic heterocycles. The highest BCUT2D eigenvalue weighted by atomic mass is 16.5. The van der Waals surface area contributed by atoms with Gasteiger partial charge < -0.3 is 25.0 Å². The maximum atomic E-state index is 12.6. The highest BCUT2D eigenvalue weighted by Gasteiger charge is 2.57. The molecular formula is C30H39N3O5. The van der Waals surface area contributed by atoms with Gasteiger partial charge in [0, 0.05) is 35.8 Å². The summed E-state index contributed by atoms with van der Waals surface area (Å²) in [5, 5.41) is 30.5. The summed E-state index contributed by atoms with van der Waals surface area (Å²) in [5.74, 6) is 0.810. The van der Waals surface area contributed by atoms with Crippen molar-refractivity contribution in [2.24, 2.45) is 22.7 Å². The first-order chi connectivity index (χ1) is 18.2. The maximum Gasteiger partial charge on any atom is 0.343 e. The van der Waals surface area contributed by atoms with Crippen LogP contribution in [-0.4, -0.2) is 63.2 Å². The predicted molar refractivity (Wildman–Crippen MR) is 145 cm³/mol. The van der Waals surface area contributed by atoms with E-state index in [1.165, 1.54) is 0 Å². The Hall–Kier alpha value is -2.81. The average molecular weight is 522 g/mol. The summed E-state index contributed by atoms with van der Waals surface area (Å²) >= 11 is 0. The van der Waals surface area contributed by atoms with Crippen LogP contribution in [0.25, 0.3) is 6.08 Å². The maximum absolute atomic E-state index is 12.6. The number of fused-ring (bicyclic) bond motifs is 1. The van der Waals surface area contributed by atoms with E-state index >= 15 is 0 Å². The van der Waals surface area contributed by atoms with E-state index in [0.29, 0.717) is 23.7 Å². The molecule has 2 aliphatic carbocycles. The minimum atomic E-state index is -0.549. The molecule has 1 saturated heterocycles. The molecule has 0 aromatic carbocycles. The van der Waals surface area contributed by atoms with Gasteiger partial charge in [-0.15, -0.1) is 0 Å². The van der Waals surface area contributed by atoms with Gasteiger partial charge in [-0.05, 0) is 62.0 Å². The Labute approximate surface area is 224 Å². The number of allylic oxidation sites excluding steroid dienone is 3. The average Bonchev–Trinajstić information content (AvgIpc) is 3.52. The van der Waals surface area contributed by atoms with Crippen LogP contribution in [0, 0.1) is 22.7 Å². The Morgan fingerprint density at radius 3 is 2.68 bits per heavy atom. The zero-order valence-electron chi connectivity index (χ0n) is 22.3. The molecule has 2 aliphatic heterocycles. The number of cyclic esters (lactones) is 1. The molecule has 38 heavy (non-hydrogen) atoms. The molecule has 2 saturated carbocycles. The first-order valence-electron chi connectivity index (χ1n) is 13.7. The molecular weight excluding hydrogens is 482 g/mol. The summed E-state index contributed by atoms with van der Waals surface area (Å²) < 4.78 is 5.50. The van der Waals surface area contributed by atoms with E-state index < -0.39 is 17.5 Å². The van der Waals surface area contributed by atoms with Gasteiger partial charge in [-0.25, -0.2) is 14.8 Å². The number of ether oxygens (including phenoxy) is 1. The zero-order chi connectivity index (χ0) is 27.1. The number of anilines is 1. The van der Waals surface area contributed by atoms with E-state index in [1.54, 1.807) is 24.5 Å². The van der Waals surface area contributed by atoms with E-state index in [0.717, 1.165) is 49.8 Å². The predicted octanol–water partition coefficient (Wildman–Crippen LogP) is 3.56. The van der Waals surface area contributed by atoms with Crippen LogP contribution in [0.15, 0.2) is 54.1 Å². The summed E-state index contributed by atoms with van der Waals surface area (Å²) in [7, 11) is 0. The summed E-state index contributed by atoms with van der Waals surface area (Å²) in [4.78, 5) is 23.6. The number of rotatable bonds is 6. The number of aliphatic hydroxyl groups is 3. The summed E-state index contributed by atoms with van der Waals surface area (Å²) in [6.45, 7) is 9.45. The quantitative estimate of drug-likeness (QED) is 0.384. The molecule has 204 valence electrons. The van der Waals surface area contributed by atoms with E-state index in [-0.39, 0.29) is 36.5 Å². The standard InChI is InChI=1S/C30H39N3O5/c1-19-6-9-25-29(2,11-10-26(36)30(25,3)18-35)24(19)8-7-21-14-23(38-27(21)37)13-20-15-31-28(32-16-20)33-12-4-5-22(33)17-34/h7-8,13-16,22,24-26,34-36H,1,4-6,9-12,17-18H2,2-3H3/b8-7+,23-13+/t22?,24?,25?,26-,29-,30+/m1/s1. The number of carbonyl (C=O) groups excluding carboxylic acids is 1. The lowest BCUT2D eigenvalue weighted by Crippen LogP contribution is -2.57. The molecule has 6 atom stereocenters. The molecule has 0 amide bonds. The van der Waals surface area contributed by atoms with Crippen molar-refractivity contribution in [2.45, 2.75) is 64.5 Å². The number of carbonyl (C=O) groups is 1. The van der Waals surface area contributed by atoms with Crippen molar-refractivity contribution >= 4 is 18.0 Å². The van der Waals surface area contributed by atoms with Gasteiger partial charge in [0.2, 0.25) is 5.95 Å².